The molecule has 3 aliphatic rings. The molecular weight excluding hydrogens is 398 g/mol. The van der Waals surface area contributed by atoms with Crippen molar-refractivity contribution in [3.05, 3.63) is 35.7 Å². The minimum atomic E-state index is 0.216. The zero-order valence-corrected chi connectivity index (χ0v) is 20.0. The monoisotopic (exact) mass is 439 g/mol. The summed E-state index contributed by atoms with van der Waals surface area (Å²) < 4.78 is 2.20. The number of hydrogen-bond acceptors (Lipinski definition) is 4. The topological polar surface area (TPSA) is 55.7 Å². The fourth-order valence-electron chi connectivity index (χ4n) is 6.43. The Morgan fingerprint density at radius 2 is 1.53 bits per heavy atom. The van der Waals surface area contributed by atoms with Gasteiger partial charge in [0.1, 0.15) is 26.2 Å². The number of tetrazole rings is 1. The fraction of sp³-hybridized carbons (Fsp3) is 0.720. The number of aromatic nitrogens is 4. The van der Waals surface area contributed by atoms with Crippen LogP contribution in [0.4, 0.5) is 5.69 Å². The molecule has 2 N–H and O–H groups in total. The van der Waals surface area contributed by atoms with Crippen molar-refractivity contribution in [1.82, 2.24) is 20.2 Å². The Balaban J connectivity index is 1.42. The largest absolute Gasteiger partial charge is 0.378 e. The van der Waals surface area contributed by atoms with Crippen LogP contribution in [0.15, 0.2) is 24.3 Å². The standard InChI is InChI=1S/C25H39N7/c1-29(2)21-14-12-20(13-15-21)24(25-26-27-28-32(25)23-10-4-3-5-11-23)31-18-16-30(17-19-31)22-8-6-7-9-22/h12-15,22-24H,3-11,16-19H2,1-2H3/p+2/t24-/m0/s1. The van der Waals surface area contributed by atoms with Gasteiger partial charge >= 0.3 is 0 Å². The van der Waals surface area contributed by atoms with E-state index in [2.05, 4.69) is 63.5 Å². The number of rotatable bonds is 6. The van der Waals surface area contributed by atoms with Gasteiger partial charge in [0.25, 0.3) is 0 Å². The molecular formula is C25H41N7+2. The third-order valence-electron chi connectivity index (χ3n) is 8.32. The third kappa shape index (κ3) is 4.55. The molecule has 7 nitrogen and oxygen atoms in total. The van der Waals surface area contributed by atoms with Crippen molar-refractivity contribution >= 4 is 5.69 Å². The second-order valence-electron chi connectivity index (χ2n) is 10.5. The minimum absolute atomic E-state index is 0.216. The molecule has 1 aromatic carbocycles. The summed E-state index contributed by atoms with van der Waals surface area (Å²) in [5.41, 5.74) is 2.59. The van der Waals surface area contributed by atoms with Crippen molar-refractivity contribution in [3.8, 4) is 0 Å². The Labute approximate surface area is 192 Å². The van der Waals surface area contributed by atoms with Crippen LogP contribution in [0.1, 0.15) is 81.3 Å². The zero-order valence-electron chi connectivity index (χ0n) is 20.0. The maximum absolute atomic E-state index is 4.66. The predicted octanol–water partition coefficient (Wildman–Crippen LogP) is 1.06. The molecule has 0 bridgehead atoms. The lowest BCUT2D eigenvalue weighted by Crippen LogP contribution is -3.29. The van der Waals surface area contributed by atoms with E-state index in [1.165, 1.54) is 95.2 Å². The van der Waals surface area contributed by atoms with Gasteiger partial charge in [-0.25, -0.2) is 4.68 Å². The van der Waals surface area contributed by atoms with Gasteiger partial charge in [0.15, 0.2) is 6.04 Å². The molecule has 1 atom stereocenters. The Kier molecular flexibility index (Phi) is 6.74. The molecule has 0 unspecified atom stereocenters. The van der Waals surface area contributed by atoms with E-state index in [9.17, 15) is 0 Å². The average molecular weight is 440 g/mol. The molecule has 7 heteroatoms. The van der Waals surface area contributed by atoms with Crippen LogP contribution in [0, 0.1) is 0 Å². The maximum atomic E-state index is 4.66. The molecule has 2 aromatic rings. The smallest absolute Gasteiger partial charge is 0.214 e. The molecule has 174 valence electrons. The number of anilines is 1. The SMILES string of the molecule is CN(C)c1ccc([C@@H](c2nnnn2C2CCCCC2)[NH+]2CC[NH+](C3CCCC3)CC2)cc1. The van der Waals surface area contributed by atoms with Crippen molar-refractivity contribution in [3.63, 3.8) is 0 Å². The summed E-state index contributed by atoms with van der Waals surface area (Å²) in [4.78, 5) is 5.65. The lowest BCUT2D eigenvalue weighted by Gasteiger charge is -2.37. The van der Waals surface area contributed by atoms with E-state index >= 15 is 0 Å². The first-order valence-electron chi connectivity index (χ1n) is 12.9. The summed E-state index contributed by atoms with van der Waals surface area (Å²) in [5, 5.41) is 13.4. The molecule has 0 radical (unpaired) electrons. The second kappa shape index (κ2) is 9.87. The number of piperazine rings is 1. The fourth-order valence-corrected chi connectivity index (χ4v) is 6.43. The van der Waals surface area contributed by atoms with E-state index in [1.54, 1.807) is 4.90 Å². The summed E-state index contributed by atoms with van der Waals surface area (Å²) in [5.74, 6) is 1.08. The van der Waals surface area contributed by atoms with Crippen LogP contribution in [0.3, 0.4) is 0 Å². The summed E-state index contributed by atoms with van der Waals surface area (Å²) in [6.45, 7) is 4.95. The Hall–Kier alpha value is -1.99. The highest BCUT2D eigenvalue weighted by atomic mass is 15.6. The first-order valence-corrected chi connectivity index (χ1v) is 12.9. The molecule has 1 aromatic heterocycles. The molecule has 32 heavy (non-hydrogen) atoms. The first kappa shape index (κ1) is 21.8. The van der Waals surface area contributed by atoms with Crippen LogP contribution in [-0.2, 0) is 0 Å². The predicted molar refractivity (Wildman–Crippen MR) is 126 cm³/mol. The highest BCUT2D eigenvalue weighted by Gasteiger charge is 2.39. The lowest BCUT2D eigenvalue weighted by molar-refractivity contribution is -1.03. The van der Waals surface area contributed by atoms with E-state index in [4.69, 9.17) is 0 Å². The van der Waals surface area contributed by atoms with Gasteiger partial charge in [-0.3, -0.25) is 0 Å². The lowest BCUT2D eigenvalue weighted by atomic mass is 9.95. The Morgan fingerprint density at radius 3 is 2.19 bits per heavy atom. The van der Waals surface area contributed by atoms with Crippen molar-refractivity contribution in [2.45, 2.75) is 75.9 Å². The number of quaternary nitrogens is 2. The Morgan fingerprint density at radius 1 is 0.875 bits per heavy atom. The molecule has 1 saturated heterocycles. The summed E-state index contributed by atoms with van der Waals surface area (Å²) in [6, 6.07) is 10.7. The van der Waals surface area contributed by atoms with E-state index in [0.29, 0.717) is 6.04 Å². The average Bonchev–Trinajstić information content (AvgIpc) is 3.54. The molecule has 0 amide bonds. The number of nitrogens with zero attached hydrogens (tertiary/aromatic N) is 5. The highest BCUT2D eigenvalue weighted by molar-refractivity contribution is 5.46. The van der Waals surface area contributed by atoms with Gasteiger partial charge in [-0.2, -0.15) is 0 Å². The van der Waals surface area contributed by atoms with E-state index in [0.717, 1.165) is 11.9 Å². The van der Waals surface area contributed by atoms with Crippen LogP contribution < -0.4 is 14.7 Å². The van der Waals surface area contributed by atoms with Crippen LogP contribution in [-0.4, -0.2) is 66.5 Å². The molecule has 2 saturated carbocycles. The number of hydrogen-bond donors (Lipinski definition) is 2. The van der Waals surface area contributed by atoms with Crippen molar-refractivity contribution in [2.24, 2.45) is 0 Å². The van der Waals surface area contributed by atoms with Gasteiger partial charge in [0.2, 0.25) is 5.82 Å². The van der Waals surface area contributed by atoms with Crippen LogP contribution >= 0.6 is 0 Å². The Bertz CT molecular complexity index is 841. The van der Waals surface area contributed by atoms with Crippen molar-refractivity contribution in [1.29, 1.82) is 0 Å². The van der Waals surface area contributed by atoms with E-state index < -0.39 is 0 Å². The molecule has 2 aliphatic carbocycles. The summed E-state index contributed by atoms with van der Waals surface area (Å²) >= 11 is 0. The van der Waals surface area contributed by atoms with Crippen LogP contribution in [0.25, 0.3) is 0 Å². The minimum Gasteiger partial charge on any atom is -0.378 e. The molecule has 0 spiro atoms. The van der Waals surface area contributed by atoms with Gasteiger partial charge in [0, 0.05) is 25.3 Å². The molecule has 2 heterocycles. The normalized spacial score (nSPS) is 26.3. The molecule has 3 fully saturated rings. The molecule has 5 rings (SSSR count). The van der Waals surface area contributed by atoms with Gasteiger partial charge < -0.3 is 14.7 Å². The summed E-state index contributed by atoms with van der Waals surface area (Å²) in [7, 11) is 4.21. The first-order chi connectivity index (χ1) is 15.7. The van der Waals surface area contributed by atoms with E-state index in [1.807, 2.05) is 4.90 Å². The van der Waals surface area contributed by atoms with Crippen LogP contribution in [0.5, 0.6) is 0 Å². The zero-order chi connectivity index (χ0) is 21.9. The third-order valence-corrected chi connectivity index (χ3v) is 8.32. The van der Waals surface area contributed by atoms with E-state index in [-0.39, 0.29) is 6.04 Å². The number of benzene rings is 1. The van der Waals surface area contributed by atoms with Gasteiger partial charge in [0.05, 0.1) is 12.1 Å². The second-order valence-corrected chi connectivity index (χ2v) is 10.5. The quantitative estimate of drug-likeness (QED) is 0.707. The van der Waals surface area contributed by atoms with Crippen molar-refractivity contribution < 1.29 is 9.80 Å². The van der Waals surface area contributed by atoms with Gasteiger partial charge in [-0.05, 0) is 61.1 Å². The maximum Gasteiger partial charge on any atom is 0.214 e. The van der Waals surface area contributed by atoms with Crippen molar-refractivity contribution in [2.75, 3.05) is 45.2 Å². The van der Waals surface area contributed by atoms with Crippen LogP contribution in [0.2, 0.25) is 0 Å². The van der Waals surface area contributed by atoms with Gasteiger partial charge in [-0.1, -0.05) is 31.4 Å². The molecule has 1 aliphatic heterocycles. The number of nitrogens with one attached hydrogen (secondary N) is 2. The highest BCUT2D eigenvalue weighted by Crippen LogP contribution is 2.30. The summed E-state index contributed by atoms with van der Waals surface area (Å²) in [6.07, 6.45) is 12.1. The van der Waals surface area contributed by atoms with Gasteiger partial charge in [-0.15, -0.1) is 5.10 Å².